The number of amides is 2. The summed E-state index contributed by atoms with van der Waals surface area (Å²) in [5.74, 6) is -0.952. The van der Waals surface area contributed by atoms with Crippen LogP contribution >= 0.6 is 11.6 Å². The number of carbonyl (C=O) groups is 3. The number of carbonyl (C=O) groups excluding carboxylic acids is 3. The zero-order valence-electron chi connectivity index (χ0n) is 19.8. The predicted molar refractivity (Wildman–Crippen MR) is 142 cm³/mol. The third-order valence-electron chi connectivity index (χ3n) is 5.72. The van der Waals surface area contributed by atoms with Crippen molar-refractivity contribution >= 4 is 40.7 Å². The number of ketones is 1. The second kappa shape index (κ2) is 11.0. The van der Waals surface area contributed by atoms with E-state index in [1.165, 1.54) is 6.07 Å². The summed E-state index contributed by atoms with van der Waals surface area (Å²) < 4.78 is 0. The predicted octanol–water partition coefficient (Wildman–Crippen LogP) is 6.27. The number of anilines is 2. The lowest BCUT2D eigenvalue weighted by molar-refractivity contribution is -0.117. The summed E-state index contributed by atoms with van der Waals surface area (Å²) in [5.41, 5.74) is 3.36. The van der Waals surface area contributed by atoms with Gasteiger partial charge in [-0.25, -0.2) is 4.98 Å². The molecule has 0 saturated heterocycles. The van der Waals surface area contributed by atoms with Crippen molar-refractivity contribution in [3.63, 3.8) is 0 Å². The van der Waals surface area contributed by atoms with Gasteiger partial charge in [0.2, 0.25) is 5.91 Å². The number of nitrogens with zero attached hydrogens (tertiary/aromatic N) is 1. The molecule has 4 rings (SSSR count). The maximum Gasteiger partial charge on any atom is 0.256 e. The molecule has 1 atom stereocenters. The molecule has 36 heavy (non-hydrogen) atoms. The van der Waals surface area contributed by atoms with Gasteiger partial charge in [0.1, 0.15) is 5.82 Å². The molecule has 0 saturated carbocycles. The number of rotatable bonds is 7. The van der Waals surface area contributed by atoms with Gasteiger partial charge in [0.05, 0.1) is 16.6 Å². The lowest BCUT2D eigenvalue weighted by atomic mass is 9.95. The molecule has 0 spiro atoms. The summed E-state index contributed by atoms with van der Waals surface area (Å²) in [6, 6.07) is 24.2. The number of nitrogens with one attached hydrogen (secondary N) is 2. The van der Waals surface area contributed by atoms with Gasteiger partial charge in [-0.3, -0.25) is 14.4 Å². The van der Waals surface area contributed by atoms with Gasteiger partial charge in [-0.2, -0.15) is 0 Å². The van der Waals surface area contributed by atoms with Crippen molar-refractivity contribution in [2.75, 3.05) is 10.6 Å². The van der Waals surface area contributed by atoms with Crippen LogP contribution in [0.25, 0.3) is 0 Å². The van der Waals surface area contributed by atoms with Crippen molar-refractivity contribution in [3.05, 3.63) is 124 Å². The highest BCUT2D eigenvalue weighted by atomic mass is 35.5. The van der Waals surface area contributed by atoms with Crippen LogP contribution < -0.4 is 10.6 Å². The van der Waals surface area contributed by atoms with E-state index in [0.29, 0.717) is 38.8 Å². The van der Waals surface area contributed by atoms with E-state index in [1.807, 2.05) is 31.2 Å². The van der Waals surface area contributed by atoms with Crippen molar-refractivity contribution in [2.24, 2.45) is 0 Å². The molecule has 2 N–H and O–H groups in total. The Morgan fingerprint density at radius 3 is 2.31 bits per heavy atom. The second-order valence-electron chi connectivity index (χ2n) is 8.40. The number of hydrogen-bond donors (Lipinski definition) is 2. The highest BCUT2D eigenvalue weighted by molar-refractivity contribution is 6.34. The Bertz CT molecular complexity index is 1440. The number of aromatic nitrogens is 1. The largest absolute Gasteiger partial charge is 0.324 e. The molecule has 0 aliphatic heterocycles. The standard InChI is InChI=1S/C29H24ClN3O3/c1-18-13-14-31-26(15-18)33-29(36)23-11-12-24(30)25(17-23)32-28(35)19(2)21-9-6-10-22(16-21)27(34)20-7-4-3-5-8-20/h3-17,19H,1-2H3,(H,32,35)(H,31,33,36). The summed E-state index contributed by atoms with van der Waals surface area (Å²) in [6.07, 6.45) is 1.61. The summed E-state index contributed by atoms with van der Waals surface area (Å²) in [4.78, 5) is 42.7. The van der Waals surface area contributed by atoms with Crippen molar-refractivity contribution in [1.82, 2.24) is 4.98 Å². The highest BCUT2D eigenvalue weighted by Gasteiger charge is 2.19. The normalized spacial score (nSPS) is 11.4. The van der Waals surface area contributed by atoms with Gasteiger partial charge in [-0.15, -0.1) is 0 Å². The molecule has 3 aromatic carbocycles. The highest BCUT2D eigenvalue weighted by Crippen LogP contribution is 2.26. The number of aryl methyl sites for hydroxylation is 1. The molecular formula is C29H24ClN3O3. The van der Waals surface area contributed by atoms with Crippen LogP contribution in [-0.4, -0.2) is 22.6 Å². The first-order valence-corrected chi connectivity index (χ1v) is 11.7. The average Bonchev–Trinajstić information content (AvgIpc) is 2.89. The van der Waals surface area contributed by atoms with Crippen LogP contribution in [0.2, 0.25) is 5.02 Å². The fraction of sp³-hybridized carbons (Fsp3) is 0.103. The topological polar surface area (TPSA) is 88.2 Å². The lowest BCUT2D eigenvalue weighted by Crippen LogP contribution is -2.20. The van der Waals surface area contributed by atoms with Gasteiger partial charge in [0, 0.05) is 22.9 Å². The van der Waals surface area contributed by atoms with E-state index in [9.17, 15) is 14.4 Å². The van der Waals surface area contributed by atoms with Crippen LogP contribution in [0.15, 0.2) is 91.1 Å². The van der Waals surface area contributed by atoms with E-state index in [-0.39, 0.29) is 17.6 Å². The molecule has 0 bridgehead atoms. The fourth-order valence-corrected chi connectivity index (χ4v) is 3.82. The van der Waals surface area contributed by atoms with Crippen LogP contribution in [0.5, 0.6) is 0 Å². The Morgan fingerprint density at radius 1 is 0.806 bits per heavy atom. The molecular weight excluding hydrogens is 474 g/mol. The van der Waals surface area contributed by atoms with Crippen molar-refractivity contribution in [3.8, 4) is 0 Å². The minimum Gasteiger partial charge on any atom is -0.324 e. The van der Waals surface area contributed by atoms with Gasteiger partial charge in [-0.1, -0.05) is 60.1 Å². The Kier molecular flexibility index (Phi) is 7.56. The van der Waals surface area contributed by atoms with Crippen LogP contribution in [0.3, 0.4) is 0 Å². The van der Waals surface area contributed by atoms with E-state index in [1.54, 1.807) is 67.7 Å². The van der Waals surface area contributed by atoms with Crippen LogP contribution in [-0.2, 0) is 4.79 Å². The first-order valence-electron chi connectivity index (χ1n) is 11.4. The fourth-order valence-electron chi connectivity index (χ4n) is 3.65. The van der Waals surface area contributed by atoms with Crippen molar-refractivity contribution in [1.29, 1.82) is 0 Å². The van der Waals surface area contributed by atoms with E-state index in [0.717, 1.165) is 5.56 Å². The molecule has 4 aromatic rings. The van der Waals surface area contributed by atoms with Crippen LogP contribution in [0.1, 0.15) is 50.2 Å². The quantitative estimate of drug-likeness (QED) is 0.294. The van der Waals surface area contributed by atoms with E-state index < -0.39 is 5.92 Å². The first-order chi connectivity index (χ1) is 17.3. The van der Waals surface area contributed by atoms with Crippen LogP contribution in [0.4, 0.5) is 11.5 Å². The van der Waals surface area contributed by atoms with E-state index in [2.05, 4.69) is 15.6 Å². The number of benzene rings is 3. The number of pyridine rings is 1. The number of halogens is 1. The summed E-state index contributed by atoms with van der Waals surface area (Å²) >= 11 is 6.31. The second-order valence-corrected chi connectivity index (χ2v) is 8.81. The molecule has 0 aliphatic carbocycles. The van der Waals surface area contributed by atoms with Gasteiger partial charge in [0.25, 0.3) is 5.91 Å². The van der Waals surface area contributed by atoms with Crippen LogP contribution in [0, 0.1) is 6.92 Å². The minimum atomic E-state index is -0.571. The van der Waals surface area contributed by atoms with Gasteiger partial charge in [-0.05, 0) is 61.4 Å². The smallest absolute Gasteiger partial charge is 0.256 e. The SMILES string of the molecule is Cc1ccnc(NC(=O)c2ccc(Cl)c(NC(=O)C(C)c3cccc(C(=O)c4ccccc4)c3)c2)c1. The third kappa shape index (κ3) is 5.85. The molecule has 1 heterocycles. The zero-order chi connectivity index (χ0) is 25.7. The molecule has 6 nitrogen and oxygen atoms in total. The number of hydrogen-bond acceptors (Lipinski definition) is 4. The molecule has 0 aliphatic rings. The zero-order valence-corrected chi connectivity index (χ0v) is 20.5. The van der Waals surface area contributed by atoms with Gasteiger partial charge in [0.15, 0.2) is 5.78 Å². The molecule has 0 fully saturated rings. The first kappa shape index (κ1) is 24.8. The molecule has 7 heteroatoms. The minimum absolute atomic E-state index is 0.116. The van der Waals surface area contributed by atoms with Gasteiger partial charge >= 0.3 is 0 Å². The Balaban J connectivity index is 1.49. The Hall–Kier alpha value is -4.29. The third-order valence-corrected chi connectivity index (χ3v) is 6.05. The lowest BCUT2D eigenvalue weighted by Gasteiger charge is -2.15. The summed E-state index contributed by atoms with van der Waals surface area (Å²) in [5, 5.41) is 5.85. The summed E-state index contributed by atoms with van der Waals surface area (Å²) in [7, 11) is 0. The average molecular weight is 498 g/mol. The molecule has 1 aromatic heterocycles. The van der Waals surface area contributed by atoms with E-state index in [4.69, 9.17) is 11.6 Å². The maximum absolute atomic E-state index is 13.1. The van der Waals surface area contributed by atoms with Crippen molar-refractivity contribution < 1.29 is 14.4 Å². The molecule has 2 amide bonds. The molecule has 0 radical (unpaired) electrons. The maximum atomic E-state index is 13.1. The van der Waals surface area contributed by atoms with E-state index >= 15 is 0 Å². The molecule has 1 unspecified atom stereocenters. The van der Waals surface area contributed by atoms with Crippen molar-refractivity contribution in [2.45, 2.75) is 19.8 Å². The Morgan fingerprint density at radius 2 is 1.56 bits per heavy atom. The monoisotopic (exact) mass is 497 g/mol. The molecule has 180 valence electrons. The summed E-state index contributed by atoms with van der Waals surface area (Å²) in [6.45, 7) is 3.65. The Labute approximate surface area is 214 Å². The van der Waals surface area contributed by atoms with Gasteiger partial charge < -0.3 is 10.6 Å².